The molecule has 0 saturated carbocycles. The highest BCUT2D eigenvalue weighted by atomic mass is 16.3. The molecule has 78 valence electrons. The summed E-state index contributed by atoms with van der Waals surface area (Å²) in [5.74, 6) is -0.232. The molecule has 0 bridgehead atoms. The van der Waals surface area contributed by atoms with E-state index in [0.29, 0.717) is 10.9 Å². The van der Waals surface area contributed by atoms with Gasteiger partial charge in [-0.15, -0.1) is 0 Å². The van der Waals surface area contributed by atoms with Gasteiger partial charge in [0.1, 0.15) is 0 Å². The molecule has 2 aromatic carbocycles. The number of nitrogens with one attached hydrogen (secondary N) is 1. The smallest absolute Gasteiger partial charge is 0.348 e. The molecule has 4 heteroatoms. The number of hydrogen-bond acceptors (Lipinski definition) is 3. The number of hydrogen-bond donors (Lipinski definition) is 2. The van der Waals surface area contributed by atoms with Crippen LogP contribution in [0.15, 0.2) is 41.2 Å². The molecular weight excluding hydrogens is 204 g/mol. The summed E-state index contributed by atoms with van der Waals surface area (Å²) in [7, 11) is 0. The first-order valence-electron chi connectivity index (χ1n) is 4.86. The monoisotopic (exact) mass is 212 g/mol. The second-order valence-electron chi connectivity index (χ2n) is 3.57. The van der Waals surface area contributed by atoms with E-state index >= 15 is 0 Å². The molecule has 0 atom stereocenters. The number of H-pyrrole nitrogens is 1. The van der Waals surface area contributed by atoms with Crippen molar-refractivity contribution >= 4 is 21.7 Å². The zero-order valence-corrected chi connectivity index (χ0v) is 8.27. The van der Waals surface area contributed by atoms with Gasteiger partial charge < -0.3 is 10.1 Å². The second-order valence-corrected chi connectivity index (χ2v) is 3.57. The van der Waals surface area contributed by atoms with Gasteiger partial charge in [-0.05, 0) is 11.5 Å². The summed E-state index contributed by atoms with van der Waals surface area (Å²) < 4.78 is 0. The summed E-state index contributed by atoms with van der Waals surface area (Å²) in [4.78, 5) is 17.3. The quantitative estimate of drug-likeness (QED) is 0.558. The Bertz CT molecular complexity index is 747. The van der Waals surface area contributed by atoms with Crippen LogP contribution >= 0.6 is 0 Å². The molecule has 0 amide bonds. The van der Waals surface area contributed by atoms with Gasteiger partial charge in [0.2, 0.25) is 5.88 Å². The molecule has 0 aliphatic carbocycles. The minimum absolute atomic E-state index is 0.232. The van der Waals surface area contributed by atoms with Crippen molar-refractivity contribution in [3.05, 3.63) is 46.9 Å². The van der Waals surface area contributed by atoms with Gasteiger partial charge in [-0.1, -0.05) is 30.3 Å². The maximum absolute atomic E-state index is 11.2. The van der Waals surface area contributed by atoms with Crippen LogP contribution in [0.25, 0.3) is 21.7 Å². The van der Waals surface area contributed by atoms with Crippen LogP contribution in [0.3, 0.4) is 0 Å². The maximum Gasteiger partial charge on any atom is 0.348 e. The number of aromatic nitrogens is 2. The summed E-state index contributed by atoms with van der Waals surface area (Å²) in [5, 5.41) is 12.0. The van der Waals surface area contributed by atoms with E-state index in [0.717, 1.165) is 10.8 Å². The van der Waals surface area contributed by atoms with Gasteiger partial charge in [0.05, 0.1) is 10.9 Å². The van der Waals surface area contributed by atoms with Gasteiger partial charge in [0.15, 0.2) is 0 Å². The zero-order valence-electron chi connectivity index (χ0n) is 8.27. The van der Waals surface area contributed by atoms with Gasteiger partial charge in [0, 0.05) is 5.39 Å². The molecule has 1 aromatic heterocycles. The molecule has 0 saturated heterocycles. The van der Waals surface area contributed by atoms with Crippen molar-refractivity contribution in [2.75, 3.05) is 0 Å². The van der Waals surface area contributed by atoms with Gasteiger partial charge >= 0.3 is 5.69 Å². The predicted molar refractivity (Wildman–Crippen MR) is 61.5 cm³/mol. The second kappa shape index (κ2) is 3.06. The number of rotatable bonds is 0. The fourth-order valence-electron chi connectivity index (χ4n) is 1.88. The number of fused-ring (bicyclic) bond motifs is 3. The zero-order chi connectivity index (χ0) is 11.1. The van der Waals surface area contributed by atoms with E-state index in [2.05, 4.69) is 9.97 Å². The van der Waals surface area contributed by atoms with Crippen molar-refractivity contribution in [1.29, 1.82) is 0 Å². The fraction of sp³-hybridized carbons (Fsp3) is 0. The van der Waals surface area contributed by atoms with Gasteiger partial charge in [-0.2, -0.15) is 4.98 Å². The molecule has 16 heavy (non-hydrogen) atoms. The minimum Gasteiger partial charge on any atom is -0.493 e. The molecule has 3 aromatic rings. The summed E-state index contributed by atoms with van der Waals surface area (Å²) in [6.45, 7) is 0. The normalized spacial score (nSPS) is 11.0. The first-order chi connectivity index (χ1) is 7.75. The standard InChI is InChI=1S/C12H8N2O2/c15-11-9-6-5-7-3-1-2-4-8(7)10(9)13-12(16)14-11/h1-6H,(H2,13,14,15,16). The maximum atomic E-state index is 11.2. The lowest BCUT2D eigenvalue weighted by atomic mass is 10.1. The SMILES string of the molecule is O=c1nc(O)c2ccc3ccccc3c2[nH]1. The molecule has 0 fully saturated rings. The van der Waals surface area contributed by atoms with Crippen molar-refractivity contribution in [3.63, 3.8) is 0 Å². The van der Waals surface area contributed by atoms with Crippen LogP contribution in [0.2, 0.25) is 0 Å². The van der Waals surface area contributed by atoms with E-state index in [9.17, 15) is 9.90 Å². The Hall–Kier alpha value is -2.36. The topological polar surface area (TPSA) is 66.0 Å². The van der Waals surface area contributed by atoms with Crippen LogP contribution in [0.4, 0.5) is 0 Å². The first kappa shape index (κ1) is 8.91. The molecule has 0 unspecified atom stereocenters. The van der Waals surface area contributed by atoms with E-state index in [4.69, 9.17) is 0 Å². The highest BCUT2D eigenvalue weighted by Crippen LogP contribution is 2.26. The molecular formula is C12H8N2O2. The van der Waals surface area contributed by atoms with Crippen LogP contribution in [0.1, 0.15) is 0 Å². The van der Waals surface area contributed by atoms with Crippen molar-refractivity contribution in [2.45, 2.75) is 0 Å². The average Bonchev–Trinajstić information content (AvgIpc) is 2.28. The number of aromatic hydroxyl groups is 1. The third-order valence-electron chi connectivity index (χ3n) is 2.61. The Morgan fingerprint density at radius 1 is 1.06 bits per heavy atom. The molecule has 0 spiro atoms. The highest BCUT2D eigenvalue weighted by Gasteiger charge is 2.06. The summed E-state index contributed by atoms with van der Waals surface area (Å²) in [6, 6.07) is 11.3. The Balaban J connectivity index is 2.65. The highest BCUT2D eigenvalue weighted by molar-refractivity contribution is 6.06. The average molecular weight is 212 g/mol. The van der Waals surface area contributed by atoms with Crippen LogP contribution in [0, 0.1) is 0 Å². The third-order valence-corrected chi connectivity index (χ3v) is 2.61. The molecule has 2 N–H and O–H groups in total. The Kier molecular flexibility index (Phi) is 1.71. The summed E-state index contributed by atoms with van der Waals surface area (Å²) in [5.41, 5.74) is 0.0805. The van der Waals surface area contributed by atoms with Gasteiger partial charge in [-0.3, -0.25) is 0 Å². The van der Waals surface area contributed by atoms with Crippen LogP contribution in [0.5, 0.6) is 5.88 Å². The third kappa shape index (κ3) is 1.16. The number of aromatic amines is 1. The van der Waals surface area contributed by atoms with Crippen molar-refractivity contribution in [3.8, 4) is 5.88 Å². The fourth-order valence-corrected chi connectivity index (χ4v) is 1.88. The van der Waals surface area contributed by atoms with Gasteiger partial charge in [-0.25, -0.2) is 4.79 Å². The van der Waals surface area contributed by atoms with E-state index < -0.39 is 5.69 Å². The van der Waals surface area contributed by atoms with Gasteiger partial charge in [0.25, 0.3) is 0 Å². The number of benzene rings is 2. The molecule has 3 rings (SSSR count). The van der Waals surface area contributed by atoms with Crippen molar-refractivity contribution in [1.82, 2.24) is 9.97 Å². The molecule has 0 aliphatic heterocycles. The van der Waals surface area contributed by atoms with E-state index in [1.54, 1.807) is 6.07 Å². The molecule has 1 heterocycles. The predicted octanol–water partition coefficient (Wildman–Crippen LogP) is 1.78. The van der Waals surface area contributed by atoms with Crippen LogP contribution in [-0.2, 0) is 0 Å². The lowest BCUT2D eigenvalue weighted by molar-refractivity contribution is 0.457. The number of nitrogens with zero attached hydrogens (tertiary/aromatic N) is 1. The largest absolute Gasteiger partial charge is 0.493 e. The Labute approximate surface area is 90.2 Å². The van der Waals surface area contributed by atoms with Crippen LogP contribution in [-0.4, -0.2) is 15.1 Å². The summed E-state index contributed by atoms with van der Waals surface area (Å²) >= 11 is 0. The van der Waals surface area contributed by atoms with E-state index in [-0.39, 0.29) is 5.88 Å². The molecule has 0 aliphatic rings. The summed E-state index contributed by atoms with van der Waals surface area (Å²) in [6.07, 6.45) is 0. The lowest BCUT2D eigenvalue weighted by Crippen LogP contribution is -2.09. The van der Waals surface area contributed by atoms with E-state index in [1.807, 2.05) is 30.3 Å². The Morgan fingerprint density at radius 3 is 2.75 bits per heavy atom. The van der Waals surface area contributed by atoms with Crippen LogP contribution < -0.4 is 5.69 Å². The lowest BCUT2D eigenvalue weighted by Gasteiger charge is -2.03. The van der Waals surface area contributed by atoms with E-state index in [1.165, 1.54) is 0 Å². The molecule has 0 radical (unpaired) electrons. The minimum atomic E-state index is -0.540. The first-order valence-corrected chi connectivity index (χ1v) is 4.86. The van der Waals surface area contributed by atoms with Crippen molar-refractivity contribution in [2.24, 2.45) is 0 Å². The van der Waals surface area contributed by atoms with Crippen molar-refractivity contribution < 1.29 is 5.11 Å². The Morgan fingerprint density at radius 2 is 1.88 bits per heavy atom. The molecule has 4 nitrogen and oxygen atoms in total.